The Morgan fingerprint density at radius 3 is 3.06 bits per heavy atom. The van der Waals surface area contributed by atoms with Crippen molar-refractivity contribution < 1.29 is 0 Å². The zero-order valence-electron chi connectivity index (χ0n) is 8.78. The van der Waals surface area contributed by atoms with E-state index in [4.69, 9.17) is 0 Å². The Bertz CT molecular complexity index is 521. The van der Waals surface area contributed by atoms with Gasteiger partial charge < -0.3 is 5.32 Å². The summed E-state index contributed by atoms with van der Waals surface area (Å²) >= 11 is 3.46. The number of rotatable bonds is 1. The first-order chi connectivity index (χ1) is 7.84. The van der Waals surface area contributed by atoms with Crippen LogP contribution in [0.5, 0.6) is 0 Å². The predicted octanol–water partition coefficient (Wildman–Crippen LogP) is 2.82. The largest absolute Gasteiger partial charge is 0.309 e. The van der Waals surface area contributed by atoms with Crippen LogP contribution in [-0.4, -0.2) is 16.5 Å². The molecular formula is C12H12BrN3. The van der Waals surface area contributed by atoms with Crippen LogP contribution in [0.1, 0.15) is 24.6 Å². The minimum absolute atomic E-state index is 0.395. The van der Waals surface area contributed by atoms with Gasteiger partial charge in [-0.2, -0.15) is 0 Å². The fraction of sp³-hybridized carbons (Fsp3) is 0.333. The highest BCUT2D eigenvalue weighted by atomic mass is 79.9. The van der Waals surface area contributed by atoms with Crippen LogP contribution >= 0.6 is 15.9 Å². The van der Waals surface area contributed by atoms with Crippen LogP contribution in [0.4, 0.5) is 0 Å². The Kier molecular flexibility index (Phi) is 2.61. The molecule has 0 amide bonds. The highest BCUT2D eigenvalue weighted by Gasteiger charge is 2.19. The second-order valence-electron chi connectivity index (χ2n) is 4.07. The Hall–Kier alpha value is -1.00. The molecule has 3 rings (SSSR count). The van der Waals surface area contributed by atoms with Crippen molar-refractivity contribution in [3.8, 4) is 0 Å². The van der Waals surface area contributed by atoms with Gasteiger partial charge in [0.15, 0.2) is 0 Å². The predicted molar refractivity (Wildman–Crippen MR) is 67.2 cm³/mol. The first-order valence-corrected chi connectivity index (χ1v) is 6.27. The lowest BCUT2D eigenvalue weighted by atomic mass is 10.1. The van der Waals surface area contributed by atoms with E-state index < -0.39 is 0 Å². The summed E-state index contributed by atoms with van der Waals surface area (Å²) in [5.41, 5.74) is 2.14. The molecule has 16 heavy (non-hydrogen) atoms. The molecule has 0 spiro atoms. The van der Waals surface area contributed by atoms with Gasteiger partial charge in [-0.1, -0.05) is 15.9 Å². The van der Waals surface area contributed by atoms with Gasteiger partial charge in [-0.25, -0.2) is 9.97 Å². The van der Waals surface area contributed by atoms with E-state index in [-0.39, 0.29) is 0 Å². The van der Waals surface area contributed by atoms with Crippen LogP contribution in [0.25, 0.3) is 10.9 Å². The van der Waals surface area contributed by atoms with Crippen molar-refractivity contribution in [2.24, 2.45) is 0 Å². The standard InChI is InChI=1S/C12H12BrN3/c13-8-3-4-9-11(6-8)15-7-16-12(9)10-2-1-5-14-10/h3-4,6-7,10,14H,1-2,5H2. The van der Waals surface area contributed by atoms with Crippen LogP contribution in [0.15, 0.2) is 29.0 Å². The average Bonchev–Trinajstić information content (AvgIpc) is 2.81. The molecule has 1 aromatic carbocycles. The number of hydrogen-bond donors (Lipinski definition) is 1. The maximum Gasteiger partial charge on any atom is 0.116 e. The Labute approximate surface area is 102 Å². The van der Waals surface area contributed by atoms with Crippen molar-refractivity contribution >= 4 is 26.8 Å². The van der Waals surface area contributed by atoms with Gasteiger partial charge in [-0.15, -0.1) is 0 Å². The molecular weight excluding hydrogens is 266 g/mol. The van der Waals surface area contributed by atoms with E-state index in [0.717, 1.165) is 27.6 Å². The number of nitrogens with one attached hydrogen (secondary N) is 1. The maximum atomic E-state index is 4.43. The molecule has 1 atom stereocenters. The number of aromatic nitrogens is 2. The lowest BCUT2D eigenvalue weighted by molar-refractivity contribution is 0.632. The summed E-state index contributed by atoms with van der Waals surface area (Å²) in [5, 5.41) is 4.64. The second-order valence-corrected chi connectivity index (χ2v) is 4.98. The monoisotopic (exact) mass is 277 g/mol. The first-order valence-electron chi connectivity index (χ1n) is 5.48. The van der Waals surface area contributed by atoms with Gasteiger partial charge >= 0.3 is 0 Å². The van der Waals surface area contributed by atoms with Crippen LogP contribution in [0.2, 0.25) is 0 Å². The quantitative estimate of drug-likeness (QED) is 0.871. The Morgan fingerprint density at radius 2 is 2.25 bits per heavy atom. The van der Waals surface area contributed by atoms with E-state index in [0.29, 0.717) is 6.04 Å². The molecule has 1 fully saturated rings. The van der Waals surface area contributed by atoms with Crippen molar-refractivity contribution in [3.05, 3.63) is 34.7 Å². The van der Waals surface area contributed by atoms with Crippen molar-refractivity contribution in [3.63, 3.8) is 0 Å². The zero-order valence-corrected chi connectivity index (χ0v) is 10.4. The van der Waals surface area contributed by atoms with Gasteiger partial charge in [0, 0.05) is 9.86 Å². The molecule has 1 aliphatic heterocycles. The topological polar surface area (TPSA) is 37.8 Å². The summed E-state index contributed by atoms with van der Waals surface area (Å²) in [7, 11) is 0. The van der Waals surface area contributed by atoms with Crippen LogP contribution in [0.3, 0.4) is 0 Å². The number of benzene rings is 1. The molecule has 1 aliphatic rings. The van der Waals surface area contributed by atoms with Crippen molar-refractivity contribution in [2.45, 2.75) is 18.9 Å². The lowest BCUT2D eigenvalue weighted by Gasteiger charge is -2.11. The van der Waals surface area contributed by atoms with Crippen LogP contribution in [-0.2, 0) is 0 Å². The number of halogens is 1. The molecule has 1 saturated heterocycles. The second kappa shape index (κ2) is 4.11. The average molecular weight is 278 g/mol. The minimum Gasteiger partial charge on any atom is -0.309 e. The van der Waals surface area contributed by atoms with Gasteiger partial charge in [0.2, 0.25) is 0 Å². The molecule has 0 saturated carbocycles. The summed E-state index contributed by atoms with van der Waals surface area (Å²) in [6, 6.07) is 6.57. The SMILES string of the molecule is Brc1ccc2c(C3CCCN3)ncnc2c1. The molecule has 0 bridgehead atoms. The van der Waals surface area contributed by atoms with Gasteiger partial charge in [-0.3, -0.25) is 0 Å². The van der Waals surface area contributed by atoms with Crippen molar-refractivity contribution in [2.75, 3.05) is 6.54 Å². The Balaban J connectivity index is 2.16. The lowest BCUT2D eigenvalue weighted by Crippen LogP contribution is -2.14. The van der Waals surface area contributed by atoms with E-state index in [1.807, 2.05) is 12.1 Å². The summed E-state index contributed by atoms with van der Waals surface area (Å²) < 4.78 is 1.06. The third-order valence-electron chi connectivity index (χ3n) is 3.02. The highest BCUT2D eigenvalue weighted by molar-refractivity contribution is 9.10. The van der Waals surface area contributed by atoms with E-state index in [1.165, 1.54) is 12.8 Å². The number of fused-ring (bicyclic) bond motifs is 1. The fourth-order valence-electron chi connectivity index (χ4n) is 2.25. The molecule has 2 heterocycles. The minimum atomic E-state index is 0.395. The molecule has 1 unspecified atom stereocenters. The van der Waals surface area contributed by atoms with Crippen molar-refractivity contribution in [1.82, 2.24) is 15.3 Å². The Morgan fingerprint density at radius 1 is 1.31 bits per heavy atom. The summed E-state index contributed by atoms with van der Waals surface area (Å²) in [4.78, 5) is 8.73. The van der Waals surface area contributed by atoms with E-state index in [2.05, 4.69) is 37.3 Å². The molecule has 82 valence electrons. The van der Waals surface area contributed by atoms with Crippen LogP contribution in [0, 0.1) is 0 Å². The molecule has 1 aromatic heterocycles. The first kappa shape index (κ1) is 10.2. The van der Waals surface area contributed by atoms with Crippen LogP contribution < -0.4 is 5.32 Å². The number of nitrogens with zero attached hydrogens (tertiary/aromatic N) is 2. The molecule has 4 heteroatoms. The van der Waals surface area contributed by atoms with E-state index in [9.17, 15) is 0 Å². The number of hydrogen-bond acceptors (Lipinski definition) is 3. The van der Waals surface area contributed by atoms with E-state index >= 15 is 0 Å². The highest BCUT2D eigenvalue weighted by Crippen LogP contribution is 2.28. The molecule has 2 aromatic rings. The normalized spacial score (nSPS) is 20.4. The zero-order chi connectivity index (χ0) is 11.0. The third-order valence-corrected chi connectivity index (χ3v) is 3.51. The van der Waals surface area contributed by atoms with Gasteiger partial charge in [0.05, 0.1) is 17.3 Å². The van der Waals surface area contributed by atoms with E-state index in [1.54, 1.807) is 6.33 Å². The van der Waals surface area contributed by atoms with Crippen molar-refractivity contribution in [1.29, 1.82) is 0 Å². The molecule has 0 aliphatic carbocycles. The summed E-state index contributed by atoms with van der Waals surface area (Å²) in [6.07, 6.45) is 4.05. The fourth-order valence-corrected chi connectivity index (χ4v) is 2.60. The molecule has 3 nitrogen and oxygen atoms in total. The van der Waals surface area contributed by atoms with Gasteiger partial charge in [0.1, 0.15) is 6.33 Å². The molecule has 0 radical (unpaired) electrons. The smallest absolute Gasteiger partial charge is 0.116 e. The maximum absolute atomic E-state index is 4.43. The van der Waals surface area contributed by atoms with Gasteiger partial charge in [-0.05, 0) is 37.6 Å². The molecule has 1 N–H and O–H groups in total. The van der Waals surface area contributed by atoms with Gasteiger partial charge in [0.25, 0.3) is 0 Å². The summed E-state index contributed by atoms with van der Waals surface area (Å²) in [6.45, 7) is 1.09. The third kappa shape index (κ3) is 1.72. The summed E-state index contributed by atoms with van der Waals surface area (Å²) in [5.74, 6) is 0.